The number of carbonyl (C=O) groups excluding carboxylic acids is 1. The molecule has 8 heteroatoms. The Morgan fingerprint density at radius 1 is 1.24 bits per heavy atom. The van der Waals surface area contributed by atoms with Gasteiger partial charge in [-0.15, -0.1) is 0 Å². The second-order valence-corrected chi connectivity index (χ2v) is 6.99. The van der Waals surface area contributed by atoms with E-state index in [1.54, 1.807) is 13.8 Å². The summed E-state index contributed by atoms with van der Waals surface area (Å²) < 4.78 is 27.5. The highest BCUT2D eigenvalue weighted by Gasteiger charge is 2.20. The predicted octanol–water partition coefficient (Wildman–Crippen LogP) is 4.30. The van der Waals surface area contributed by atoms with E-state index in [0.29, 0.717) is 26.8 Å². The molecule has 0 bridgehead atoms. The molecule has 1 amide bonds. The molecule has 0 radical (unpaired) electrons. The zero-order valence-corrected chi connectivity index (χ0v) is 15.2. The predicted molar refractivity (Wildman–Crippen MR) is 94.4 cm³/mol. The van der Waals surface area contributed by atoms with Gasteiger partial charge in [0.2, 0.25) is 5.91 Å². The van der Waals surface area contributed by atoms with Crippen LogP contribution in [0.4, 0.5) is 13.9 Å². The molecule has 3 aromatic rings. The number of carbonyl (C=O) groups is 1. The fourth-order valence-electron chi connectivity index (χ4n) is 2.78. The number of nitrogens with zero attached hydrogens (tertiary/aromatic N) is 3. The maximum absolute atomic E-state index is 12.9. The highest BCUT2D eigenvalue weighted by atomic mass is 32.1. The van der Waals surface area contributed by atoms with Gasteiger partial charge < -0.3 is 5.32 Å². The molecule has 1 N–H and O–H groups in total. The molecule has 0 aliphatic heterocycles. The van der Waals surface area contributed by atoms with Crippen LogP contribution in [0.15, 0.2) is 12.1 Å². The van der Waals surface area contributed by atoms with Gasteiger partial charge in [-0.25, -0.2) is 9.67 Å². The van der Waals surface area contributed by atoms with E-state index in [4.69, 9.17) is 0 Å². The van der Waals surface area contributed by atoms with Crippen LogP contribution < -0.4 is 5.32 Å². The Labute approximate surface area is 147 Å². The van der Waals surface area contributed by atoms with E-state index >= 15 is 0 Å². The van der Waals surface area contributed by atoms with Gasteiger partial charge in [0.25, 0.3) is 0 Å². The maximum atomic E-state index is 12.9. The minimum atomic E-state index is -2.72. The smallest absolute Gasteiger partial charge is 0.302 e. The van der Waals surface area contributed by atoms with Gasteiger partial charge in [-0.1, -0.05) is 23.5 Å². The molecule has 0 unspecified atom stereocenters. The maximum Gasteiger partial charge on any atom is 0.333 e. The van der Waals surface area contributed by atoms with Crippen LogP contribution >= 0.6 is 11.3 Å². The molecule has 2 aromatic heterocycles. The number of fused-ring (bicyclic) bond motifs is 1. The number of amides is 1. The molecule has 5 nitrogen and oxygen atoms in total. The molecule has 3 rings (SSSR count). The van der Waals surface area contributed by atoms with Crippen LogP contribution in [-0.2, 0) is 11.2 Å². The average Bonchev–Trinajstić information content (AvgIpc) is 3.08. The van der Waals surface area contributed by atoms with E-state index in [0.717, 1.165) is 21.3 Å². The summed E-state index contributed by atoms with van der Waals surface area (Å²) in [7, 11) is 0. The van der Waals surface area contributed by atoms with E-state index in [1.165, 1.54) is 11.3 Å². The summed E-state index contributed by atoms with van der Waals surface area (Å²) >= 11 is 1.41. The molecule has 0 saturated heterocycles. The summed E-state index contributed by atoms with van der Waals surface area (Å²) in [6.45, 7) is 4.42. The highest BCUT2D eigenvalue weighted by Crippen LogP contribution is 2.31. The molecule has 2 heterocycles. The van der Waals surface area contributed by atoms with Crippen molar-refractivity contribution in [2.24, 2.45) is 0 Å². The lowest BCUT2D eigenvalue weighted by molar-refractivity contribution is -0.115. The minimum absolute atomic E-state index is 0.0156. The van der Waals surface area contributed by atoms with Gasteiger partial charge in [-0.2, -0.15) is 13.9 Å². The van der Waals surface area contributed by atoms with Crippen molar-refractivity contribution < 1.29 is 13.6 Å². The first-order valence-corrected chi connectivity index (χ1v) is 8.59. The topological polar surface area (TPSA) is 59.8 Å². The Morgan fingerprint density at radius 2 is 1.92 bits per heavy atom. The summed E-state index contributed by atoms with van der Waals surface area (Å²) in [6, 6.07) is 4.02. The Bertz CT molecular complexity index is 922. The van der Waals surface area contributed by atoms with Crippen molar-refractivity contribution in [2.45, 2.75) is 40.7 Å². The van der Waals surface area contributed by atoms with Gasteiger partial charge >= 0.3 is 6.55 Å². The van der Waals surface area contributed by atoms with Gasteiger partial charge in [-0.05, 0) is 38.8 Å². The summed E-state index contributed by atoms with van der Waals surface area (Å²) in [6.07, 6.45) is -0.0156. The lowest BCUT2D eigenvalue weighted by atomic mass is 10.1. The zero-order valence-electron chi connectivity index (χ0n) is 14.4. The number of hydrogen-bond acceptors (Lipinski definition) is 4. The number of rotatable bonds is 4. The number of alkyl halides is 2. The van der Waals surface area contributed by atoms with Gasteiger partial charge in [-0.3, -0.25) is 4.79 Å². The third-order valence-corrected chi connectivity index (χ3v) is 5.29. The number of halogens is 2. The standard InChI is InChI=1S/C17H18F2N4OS/c1-8-5-6-9(2)15-14(8)21-17(25-15)20-13(24)7-12-10(3)22-23(11(12)4)16(18)19/h5-6,16H,7H2,1-4H3,(H,20,21,24). The number of aromatic nitrogens is 3. The highest BCUT2D eigenvalue weighted by molar-refractivity contribution is 7.22. The second-order valence-electron chi connectivity index (χ2n) is 5.99. The number of thiazole rings is 1. The van der Waals surface area contributed by atoms with Crippen LogP contribution in [0.5, 0.6) is 0 Å². The zero-order chi connectivity index (χ0) is 18.3. The van der Waals surface area contributed by atoms with Crippen LogP contribution in [0.1, 0.15) is 34.6 Å². The molecule has 0 fully saturated rings. The van der Waals surface area contributed by atoms with Gasteiger partial charge in [0.05, 0.1) is 22.3 Å². The van der Waals surface area contributed by atoms with E-state index in [1.807, 2.05) is 26.0 Å². The number of anilines is 1. The van der Waals surface area contributed by atoms with E-state index in [-0.39, 0.29) is 12.3 Å². The van der Waals surface area contributed by atoms with Gasteiger partial charge in [0.1, 0.15) is 0 Å². The molecular weight excluding hydrogens is 346 g/mol. The van der Waals surface area contributed by atoms with Crippen LogP contribution in [-0.4, -0.2) is 20.7 Å². The van der Waals surface area contributed by atoms with Crippen LogP contribution in [0.2, 0.25) is 0 Å². The first kappa shape index (κ1) is 17.5. The molecule has 0 aliphatic carbocycles. The monoisotopic (exact) mass is 364 g/mol. The Balaban J connectivity index is 1.82. The van der Waals surface area contributed by atoms with Crippen LogP contribution in [0.25, 0.3) is 10.2 Å². The molecule has 25 heavy (non-hydrogen) atoms. The third kappa shape index (κ3) is 3.26. The first-order valence-electron chi connectivity index (χ1n) is 7.77. The molecule has 0 saturated carbocycles. The van der Waals surface area contributed by atoms with Crippen molar-refractivity contribution in [3.05, 3.63) is 40.2 Å². The molecule has 132 valence electrons. The third-order valence-electron chi connectivity index (χ3n) is 4.19. The second kappa shape index (κ2) is 6.51. The Morgan fingerprint density at radius 3 is 2.52 bits per heavy atom. The van der Waals surface area contributed by atoms with Gasteiger partial charge in [0, 0.05) is 11.3 Å². The van der Waals surface area contributed by atoms with E-state index in [2.05, 4.69) is 15.4 Å². The molecule has 1 aromatic carbocycles. The number of nitrogens with one attached hydrogen (secondary N) is 1. The summed E-state index contributed by atoms with van der Waals surface area (Å²) in [4.78, 5) is 16.8. The lowest BCUT2D eigenvalue weighted by Gasteiger charge is -2.04. The Kier molecular flexibility index (Phi) is 4.55. The quantitative estimate of drug-likeness (QED) is 0.751. The molecule has 0 spiro atoms. The fraction of sp³-hybridized carbons (Fsp3) is 0.353. The lowest BCUT2D eigenvalue weighted by Crippen LogP contribution is -2.15. The van der Waals surface area contributed by atoms with Crippen molar-refractivity contribution in [1.29, 1.82) is 0 Å². The van der Waals surface area contributed by atoms with Crippen molar-refractivity contribution in [3.8, 4) is 0 Å². The molecule has 0 atom stereocenters. The largest absolute Gasteiger partial charge is 0.333 e. The van der Waals surface area contributed by atoms with Crippen molar-refractivity contribution >= 4 is 32.6 Å². The average molecular weight is 364 g/mol. The normalized spacial score (nSPS) is 11.5. The first-order chi connectivity index (χ1) is 11.8. The van der Waals surface area contributed by atoms with Crippen LogP contribution in [0, 0.1) is 27.7 Å². The van der Waals surface area contributed by atoms with Crippen molar-refractivity contribution in [1.82, 2.24) is 14.8 Å². The Hall–Kier alpha value is -2.35. The van der Waals surface area contributed by atoms with E-state index < -0.39 is 6.55 Å². The number of hydrogen-bond donors (Lipinski definition) is 1. The molecular formula is C17H18F2N4OS. The van der Waals surface area contributed by atoms with Crippen LogP contribution in [0.3, 0.4) is 0 Å². The van der Waals surface area contributed by atoms with Crippen molar-refractivity contribution in [2.75, 3.05) is 5.32 Å². The number of aryl methyl sites for hydroxylation is 3. The summed E-state index contributed by atoms with van der Waals surface area (Å²) in [5.41, 5.74) is 4.28. The summed E-state index contributed by atoms with van der Waals surface area (Å²) in [5, 5.41) is 7.08. The van der Waals surface area contributed by atoms with Gasteiger partial charge in [0.15, 0.2) is 5.13 Å². The molecule has 0 aliphatic rings. The van der Waals surface area contributed by atoms with E-state index in [9.17, 15) is 13.6 Å². The minimum Gasteiger partial charge on any atom is -0.302 e. The summed E-state index contributed by atoms with van der Waals surface area (Å²) in [5.74, 6) is -0.297. The van der Waals surface area contributed by atoms with Crippen molar-refractivity contribution in [3.63, 3.8) is 0 Å². The number of benzene rings is 1. The SMILES string of the molecule is Cc1nn(C(F)F)c(C)c1CC(=O)Nc1nc2c(C)ccc(C)c2s1. The fourth-order valence-corrected chi connectivity index (χ4v) is 3.81.